The largest absolute Gasteiger partial charge is 0.478 e. The van der Waals surface area contributed by atoms with Gasteiger partial charge in [0, 0.05) is 24.8 Å². The first kappa shape index (κ1) is 19.7. The van der Waals surface area contributed by atoms with Gasteiger partial charge in [-0.15, -0.1) is 0 Å². The van der Waals surface area contributed by atoms with E-state index in [1.165, 1.54) is 18.2 Å². The molecule has 1 saturated heterocycles. The number of aromatic carboxylic acids is 1. The molecule has 0 aliphatic carbocycles. The van der Waals surface area contributed by atoms with Gasteiger partial charge in [-0.3, -0.25) is 4.79 Å². The third kappa shape index (κ3) is 4.60. The molecule has 0 unspecified atom stereocenters. The van der Waals surface area contributed by atoms with Crippen LogP contribution in [0.15, 0.2) is 40.3 Å². The zero-order valence-corrected chi connectivity index (χ0v) is 15.5. The monoisotopic (exact) mass is 400 g/mol. The number of carbonyl (C=O) groups is 2. The molecule has 7 nitrogen and oxygen atoms in total. The van der Waals surface area contributed by atoms with Gasteiger partial charge in [-0.2, -0.15) is 5.26 Å². The minimum atomic E-state index is -1.12. The summed E-state index contributed by atoms with van der Waals surface area (Å²) in [5.41, 5.74) is 0.487. The van der Waals surface area contributed by atoms with Gasteiger partial charge in [0.1, 0.15) is 23.2 Å². The van der Waals surface area contributed by atoms with Crippen molar-refractivity contribution in [2.24, 2.45) is 0 Å². The average molecular weight is 401 g/mol. The maximum Gasteiger partial charge on any atom is 0.337 e. The predicted molar refractivity (Wildman–Crippen MR) is 102 cm³/mol. The molecule has 0 spiro atoms. The Labute approximate surface area is 166 Å². The van der Waals surface area contributed by atoms with Crippen molar-refractivity contribution in [1.29, 1.82) is 5.26 Å². The van der Waals surface area contributed by atoms with Crippen LogP contribution in [-0.2, 0) is 9.53 Å². The van der Waals surface area contributed by atoms with Crippen LogP contribution in [-0.4, -0.2) is 36.2 Å². The normalized spacial score (nSPS) is 16.6. The second kappa shape index (κ2) is 8.74. The topological polar surface area (TPSA) is 113 Å². The fourth-order valence-corrected chi connectivity index (χ4v) is 3.09. The number of carboxylic acid groups (broad SMARTS) is 1. The van der Waals surface area contributed by atoms with Crippen molar-refractivity contribution in [3.63, 3.8) is 0 Å². The molecule has 3 rings (SSSR count). The lowest BCUT2D eigenvalue weighted by atomic mass is 10.1. The summed E-state index contributed by atoms with van der Waals surface area (Å²) in [6.07, 6.45) is 3.18. The van der Waals surface area contributed by atoms with Gasteiger partial charge in [-0.05, 0) is 37.1 Å². The van der Waals surface area contributed by atoms with Crippen LogP contribution >= 0.6 is 11.6 Å². The molecule has 28 heavy (non-hydrogen) atoms. The maximum atomic E-state index is 12.2. The van der Waals surface area contributed by atoms with Crippen LogP contribution in [0.25, 0.3) is 17.4 Å². The van der Waals surface area contributed by atoms with Gasteiger partial charge in [-0.1, -0.05) is 17.7 Å². The van der Waals surface area contributed by atoms with E-state index >= 15 is 0 Å². The lowest BCUT2D eigenvalue weighted by molar-refractivity contribution is -0.117. The van der Waals surface area contributed by atoms with Gasteiger partial charge in [0.05, 0.1) is 16.7 Å². The standard InChI is InChI=1S/C20H17ClN2O5/c21-17-9-12(3-5-16(17)20(25)26)18-6-4-14(28-18)8-13(10-22)19(24)23-11-15-2-1-7-27-15/h3-6,8-9,15H,1-2,7,11H2,(H,23,24)(H,25,26)/b13-8+/t15-/m1/s1. The summed E-state index contributed by atoms with van der Waals surface area (Å²) >= 11 is 5.98. The van der Waals surface area contributed by atoms with Gasteiger partial charge >= 0.3 is 5.97 Å². The number of carbonyl (C=O) groups excluding carboxylic acids is 1. The van der Waals surface area contributed by atoms with Gasteiger partial charge in [0.2, 0.25) is 0 Å². The number of rotatable bonds is 6. The number of halogens is 1. The molecule has 0 saturated carbocycles. The highest BCUT2D eigenvalue weighted by atomic mass is 35.5. The van der Waals surface area contributed by atoms with E-state index in [4.69, 9.17) is 25.9 Å². The number of amides is 1. The van der Waals surface area contributed by atoms with Crippen LogP contribution in [0.5, 0.6) is 0 Å². The molecular weight excluding hydrogens is 384 g/mol. The Hall–Kier alpha value is -3.08. The van der Waals surface area contributed by atoms with Crippen molar-refractivity contribution >= 4 is 29.6 Å². The summed E-state index contributed by atoms with van der Waals surface area (Å²) in [4.78, 5) is 23.2. The Morgan fingerprint density at radius 3 is 2.82 bits per heavy atom. The molecule has 8 heteroatoms. The SMILES string of the molecule is N#C/C(=C\c1ccc(-c2ccc(C(=O)O)c(Cl)c2)o1)C(=O)NC[C@H]1CCCO1. The molecule has 2 N–H and O–H groups in total. The van der Waals surface area contributed by atoms with Gasteiger partial charge in [0.25, 0.3) is 5.91 Å². The van der Waals surface area contributed by atoms with Crippen LogP contribution in [0.3, 0.4) is 0 Å². The number of furan rings is 1. The average Bonchev–Trinajstić information content (AvgIpc) is 3.35. The summed E-state index contributed by atoms with van der Waals surface area (Å²) in [5.74, 6) is -0.864. The van der Waals surface area contributed by atoms with Crippen molar-refractivity contribution in [2.45, 2.75) is 18.9 Å². The lowest BCUT2D eigenvalue weighted by Gasteiger charge is -2.09. The van der Waals surface area contributed by atoms with E-state index in [1.54, 1.807) is 18.2 Å². The summed E-state index contributed by atoms with van der Waals surface area (Å²) in [5, 5.41) is 21.1. The number of nitrogens with one attached hydrogen (secondary N) is 1. The molecule has 144 valence electrons. The highest BCUT2D eigenvalue weighted by Gasteiger charge is 2.18. The number of nitriles is 1. The Bertz CT molecular complexity index is 967. The first-order chi connectivity index (χ1) is 13.5. The van der Waals surface area contributed by atoms with Gasteiger partial charge in [-0.25, -0.2) is 4.79 Å². The van der Waals surface area contributed by atoms with E-state index in [2.05, 4.69) is 5.32 Å². The molecule has 2 aromatic rings. The number of benzene rings is 1. The number of hydrogen-bond donors (Lipinski definition) is 2. The molecule has 1 aliphatic heterocycles. The number of hydrogen-bond acceptors (Lipinski definition) is 5. The second-order valence-electron chi connectivity index (χ2n) is 6.22. The lowest BCUT2D eigenvalue weighted by Crippen LogP contribution is -2.32. The smallest absolute Gasteiger partial charge is 0.337 e. The molecule has 2 heterocycles. The first-order valence-corrected chi connectivity index (χ1v) is 9.00. The minimum Gasteiger partial charge on any atom is -0.478 e. The summed E-state index contributed by atoms with van der Waals surface area (Å²) in [7, 11) is 0. The predicted octanol–water partition coefficient (Wildman–Crippen LogP) is 3.50. The Morgan fingerprint density at radius 1 is 1.36 bits per heavy atom. The van der Waals surface area contributed by atoms with E-state index in [1.807, 2.05) is 6.07 Å². The van der Waals surface area contributed by atoms with Crippen LogP contribution in [0.4, 0.5) is 0 Å². The van der Waals surface area contributed by atoms with Crippen LogP contribution in [0, 0.1) is 11.3 Å². The fraction of sp³-hybridized carbons (Fsp3) is 0.250. The molecule has 1 fully saturated rings. The van der Waals surface area contributed by atoms with E-state index < -0.39 is 11.9 Å². The molecule has 1 aromatic carbocycles. The number of carboxylic acids is 1. The third-order valence-electron chi connectivity index (χ3n) is 4.28. The molecule has 1 amide bonds. The maximum absolute atomic E-state index is 12.2. The number of ether oxygens (including phenoxy) is 1. The molecule has 1 atom stereocenters. The fourth-order valence-electron chi connectivity index (χ4n) is 2.83. The van der Waals surface area contributed by atoms with E-state index in [-0.39, 0.29) is 22.3 Å². The molecule has 1 aromatic heterocycles. The second-order valence-corrected chi connectivity index (χ2v) is 6.62. The summed E-state index contributed by atoms with van der Waals surface area (Å²) in [6.45, 7) is 1.05. The van der Waals surface area contributed by atoms with E-state index in [0.29, 0.717) is 30.2 Å². The van der Waals surface area contributed by atoms with Crippen molar-refractivity contribution in [1.82, 2.24) is 5.32 Å². The van der Waals surface area contributed by atoms with Crippen molar-refractivity contribution in [3.05, 3.63) is 52.3 Å². The molecular formula is C20H17ClN2O5. The number of nitrogens with zero attached hydrogens (tertiary/aromatic N) is 1. The zero-order valence-electron chi connectivity index (χ0n) is 14.8. The quantitative estimate of drug-likeness (QED) is 0.566. The Morgan fingerprint density at radius 2 is 2.18 bits per heavy atom. The summed E-state index contributed by atoms with van der Waals surface area (Å²) in [6, 6.07) is 9.57. The van der Waals surface area contributed by atoms with E-state index in [0.717, 1.165) is 12.8 Å². The Balaban J connectivity index is 1.72. The zero-order chi connectivity index (χ0) is 20.1. The van der Waals surface area contributed by atoms with Crippen LogP contribution < -0.4 is 5.32 Å². The van der Waals surface area contributed by atoms with E-state index in [9.17, 15) is 14.9 Å². The third-order valence-corrected chi connectivity index (χ3v) is 4.59. The van der Waals surface area contributed by atoms with Crippen molar-refractivity contribution in [3.8, 4) is 17.4 Å². The van der Waals surface area contributed by atoms with Crippen LogP contribution in [0.1, 0.15) is 29.0 Å². The molecule has 0 bridgehead atoms. The van der Waals surface area contributed by atoms with Crippen molar-refractivity contribution in [2.75, 3.05) is 13.2 Å². The van der Waals surface area contributed by atoms with Crippen molar-refractivity contribution < 1.29 is 23.8 Å². The Kier molecular flexibility index (Phi) is 6.14. The molecule has 0 radical (unpaired) electrons. The highest BCUT2D eigenvalue weighted by molar-refractivity contribution is 6.33. The minimum absolute atomic E-state index is 0.00762. The first-order valence-electron chi connectivity index (χ1n) is 8.62. The van der Waals surface area contributed by atoms with Crippen LogP contribution in [0.2, 0.25) is 5.02 Å². The van der Waals surface area contributed by atoms with Gasteiger partial charge in [0.15, 0.2) is 0 Å². The van der Waals surface area contributed by atoms with Gasteiger partial charge < -0.3 is 19.6 Å². The summed E-state index contributed by atoms with van der Waals surface area (Å²) < 4.78 is 11.1. The molecule has 1 aliphatic rings. The highest BCUT2D eigenvalue weighted by Crippen LogP contribution is 2.28.